The molecule has 0 bridgehead atoms. The molecule has 0 aliphatic carbocycles. The Kier molecular flexibility index (Phi) is 20.5. The fourth-order valence-electron chi connectivity index (χ4n) is 4.44. The van der Waals surface area contributed by atoms with Gasteiger partial charge >= 0.3 is 0 Å². The monoisotopic (exact) mass is 557 g/mol. The predicted octanol–water partition coefficient (Wildman–Crippen LogP) is 3.26. The first-order valence-corrected chi connectivity index (χ1v) is 15.1. The molecule has 0 saturated carbocycles. The molecule has 39 heavy (non-hydrogen) atoms. The van der Waals surface area contributed by atoms with Crippen LogP contribution in [-0.2, 0) is 14.3 Å². The number of hydrogen-bond donors (Lipinski definition) is 6. The summed E-state index contributed by atoms with van der Waals surface area (Å²) in [5.41, 5.74) is 0. The van der Waals surface area contributed by atoms with Crippen molar-refractivity contribution in [2.75, 3.05) is 13.2 Å². The van der Waals surface area contributed by atoms with Gasteiger partial charge in [-0.2, -0.15) is 0 Å². The molecule has 1 saturated heterocycles. The number of nitrogens with one attached hydrogen (secondary N) is 1. The lowest BCUT2D eigenvalue weighted by atomic mass is 9.99. The Labute approximate surface area is 235 Å². The Morgan fingerprint density at radius 1 is 0.846 bits per heavy atom. The lowest BCUT2D eigenvalue weighted by Crippen LogP contribution is -2.60. The maximum atomic E-state index is 12.3. The fraction of sp³-hybridized carbons (Fsp3) is 0.833. The SMILES string of the molecule is CCCCCCCCCC/C=C/CC/C=C/C(O)C(COC1OC(CO)C(O)C(O)C1O)NC(=O)CCCC. The van der Waals surface area contributed by atoms with E-state index < -0.39 is 49.5 Å². The highest BCUT2D eigenvalue weighted by atomic mass is 16.7. The Balaban J connectivity index is 2.47. The molecule has 7 unspecified atom stereocenters. The van der Waals surface area contributed by atoms with Crippen molar-refractivity contribution in [2.45, 2.75) is 147 Å². The molecule has 6 N–H and O–H groups in total. The van der Waals surface area contributed by atoms with Gasteiger partial charge in [-0.25, -0.2) is 0 Å². The zero-order valence-electron chi connectivity index (χ0n) is 24.1. The van der Waals surface area contributed by atoms with Gasteiger partial charge in [0.1, 0.15) is 24.4 Å². The van der Waals surface area contributed by atoms with Crippen LogP contribution < -0.4 is 5.32 Å². The Morgan fingerprint density at radius 2 is 1.46 bits per heavy atom. The number of unbranched alkanes of at least 4 members (excludes halogenated alkanes) is 10. The zero-order valence-corrected chi connectivity index (χ0v) is 24.1. The summed E-state index contributed by atoms with van der Waals surface area (Å²) in [4.78, 5) is 12.3. The van der Waals surface area contributed by atoms with Crippen LogP contribution in [0.1, 0.15) is 104 Å². The Hall–Kier alpha value is -1.33. The van der Waals surface area contributed by atoms with Crippen molar-refractivity contribution in [2.24, 2.45) is 0 Å². The fourth-order valence-corrected chi connectivity index (χ4v) is 4.44. The standard InChI is InChI=1S/C30H55NO8/c1-3-5-7-8-9-10-11-12-13-14-15-16-17-18-19-24(33)23(31-26(34)20-6-4-2)22-38-30-29(37)28(36)27(35)25(21-32)39-30/h14-15,18-19,23-25,27-30,32-33,35-37H,3-13,16-17,20-22H2,1-2H3,(H,31,34)/b15-14+,19-18+. The molecular weight excluding hydrogens is 502 g/mol. The van der Waals surface area contributed by atoms with Gasteiger partial charge in [0.15, 0.2) is 6.29 Å². The number of amides is 1. The first-order valence-electron chi connectivity index (χ1n) is 15.1. The molecule has 1 aliphatic heterocycles. The third kappa shape index (κ3) is 15.3. The summed E-state index contributed by atoms with van der Waals surface area (Å²) < 4.78 is 10.9. The van der Waals surface area contributed by atoms with Gasteiger partial charge in [0.25, 0.3) is 0 Å². The molecule has 1 aliphatic rings. The largest absolute Gasteiger partial charge is 0.394 e. The molecular formula is C30H55NO8. The van der Waals surface area contributed by atoms with E-state index in [9.17, 15) is 30.3 Å². The van der Waals surface area contributed by atoms with Crippen LogP contribution in [-0.4, -0.2) is 87.5 Å². The minimum Gasteiger partial charge on any atom is -0.394 e. The number of aliphatic hydroxyl groups is 5. The van der Waals surface area contributed by atoms with Crippen LogP contribution in [0, 0.1) is 0 Å². The third-order valence-corrected chi connectivity index (χ3v) is 7.03. The van der Waals surface area contributed by atoms with Crippen molar-refractivity contribution in [3.63, 3.8) is 0 Å². The number of carbonyl (C=O) groups is 1. The maximum Gasteiger partial charge on any atom is 0.220 e. The highest BCUT2D eigenvalue weighted by Crippen LogP contribution is 2.22. The number of hydrogen-bond acceptors (Lipinski definition) is 8. The molecule has 0 aromatic heterocycles. The number of ether oxygens (including phenoxy) is 2. The summed E-state index contributed by atoms with van der Waals surface area (Å²) in [6.45, 7) is 3.45. The highest BCUT2D eigenvalue weighted by molar-refractivity contribution is 5.76. The summed E-state index contributed by atoms with van der Waals surface area (Å²) >= 11 is 0. The van der Waals surface area contributed by atoms with Crippen molar-refractivity contribution >= 4 is 5.91 Å². The molecule has 9 heteroatoms. The summed E-state index contributed by atoms with van der Waals surface area (Å²) in [7, 11) is 0. The van der Waals surface area contributed by atoms with E-state index in [0.717, 1.165) is 25.7 Å². The second-order valence-electron chi connectivity index (χ2n) is 10.5. The van der Waals surface area contributed by atoms with Gasteiger partial charge in [-0.3, -0.25) is 4.79 Å². The summed E-state index contributed by atoms with van der Waals surface area (Å²) in [6, 6.07) is -0.810. The van der Waals surface area contributed by atoms with Crippen LogP contribution in [0.15, 0.2) is 24.3 Å². The predicted molar refractivity (Wildman–Crippen MR) is 152 cm³/mol. The molecule has 1 amide bonds. The van der Waals surface area contributed by atoms with Crippen LogP contribution in [0.2, 0.25) is 0 Å². The van der Waals surface area contributed by atoms with E-state index in [1.807, 2.05) is 13.0 Å². The van der Waals surface area contributed by atoms with E-state index >= 15 is 0 Å². The molecule has 228 valence electrons. The van der Waals surface area contributed by atoms with Crippen molar-refractivity contribution in [1.29, 1.82) is 0 Å². The van der Waals surface area contributed by atoms with Gasteiger partial charge in [-0.05, 0) is 32.1 Å². The molecule has 1 heterocycles. The van der Waals surface area contributed by atoms with E-state index in [-0.39, 0.29) is 12.5 Å². The van der Waals surface area contributed by atoms with Crippen LogP contribution in [0.4, 0.5) is 0 Å². The van der Waals surface area contributed by atoms with E-state index in [4.69, 9.17) is 9.47 Å². The zero-order chi connectivity index (χ0) is 28.9. The van der Waals surface area contributed by atoms with Gasteiger partial charge in [0, 0.05) is 6.42 Å². The Bertz CT molecular complexity index is 671. The Morgan fingerprint density at radius 3 is 2.13 bits per heavy atom. The average molecular weight is 558 g/mol. The van der Waals surface area contributed by atoms with Gasteiger partial charge in [0.2, 0.25) is 5.91 Å². The highest BCUT2D eigenvalue weighted by Gasteiger charge is 2.44. The van der Waals surface area contributed by atoms with Crippen molar-refractivity contribution < 1.29 is 39.8 Å². The van der Waals surface area contributed by atoms with Crippen LogP contribution in [0.5, 0.6) is 0 Å². The van der Waals surface area contributed by atoms with E-state index in [1.54, 1.807) is 6.08 Å². The smallest absolute Gasteiger partial charge is 0.220 e. The lowest BCUT2D eigenvalue weighted by Gasteiger charge is -2.40. The van der Waals surface area contributed by atoms with Crippen molar-refractivity contribution in [1.82, 2.24) is 5.32 Å². The number of allylic oxidation sites excluding steroid dienone is 3. The van der Waals surface area contributed by atoms with Crippen LogP contribution in [0.25, 0.3) is 0 Å². The van der Waals surface area contributed by atoms with Gasteiger partial charge in [0.05, 0.1) is 25.4 Å². The molecule has 7 atom stereocenters. The van der Waals surface area contributed by atoms with Crippen molar-refractivity contribution in [3.8, 4) is 0 Å². The van der Waals surface area contributed by atoms with Gasteiger partial charge in [-0.1, -0.05) is 89.5 Å². The van der Waals surface area contributed by atoms with Gasteiger partial charge < -0.3 is 40.3 Å². The maximum absolute atomic E-state index is 12.3. The summed E-state index contributed by atoms with van der Waals surface area (Å²) in [5.74, 6) is -0.226. The van der Waals surface area contributed by atoms with Crippen LogP contribution in [0.3, 0.4) is 0 Å². The number of carbonyl (C=O) groups excluding carboxylic acids is 1. The summed E-state index contributed by atoms with van der Waals surface area (Å²) in [6.07, 6.45) is 14.8. The first-order chi connectivity index (χ1) is 18.8. The van der Waals surface area contributed by atoms with Crippen LogP contribution >= 0.6 is 0 Å². The quantitative estimate of drug-likeness (QED) is 0.0878. The normalized spacial score (nSPS) is 25.4. The molecule has 0 radical (unpaired) electrons. The number of rotatable bonds is 22. The minimum absolute atomic E-state index is 0.204. The van der Waals surface area contributed by atoms with E-state index in [0.29, 0.717) is 12.8 Å². The molecule has 1 fully saturated rings. The second-order valence-corrected chi connectivity index (χ2v) is 10.5. The molecule has 0 spiro atoms. The summed E-state index contributed by atoms with van der Waals surface area (Å²) in [5, 5.41) is 53.0. The molecule has 1 rings (SSSR count). The van der Waals surface area contributed by atoms with Gasteiger partial charge in [-0.15, -0.1) is 0 Å². The lowest BCUT2D eigenvalue weighted by molar-refractivity contribution is -0.302. The van der Waals surface area contributed by atoms with E-state index in [2.05, 4.69) is 24.4 Å². The minimum atomic E-state index is -1.56. The molecule has 0 aromatic carbocycles. The topological polar surface area (TPSA) is 149 Å². The second kappa shape index (κ2) is 22.4. The average Bonchev–Trinajstić information content (AvgIpc) is 2.93. The molecule has 9 nitrogen and oxygen atoms in total. The van der Waals surface area contributed by atoms with Crippen molar-refractivity contribution in [3.05, 3.63) is 24.3 Å². The first kappa shape index (κ1) is 35.7. The molecule has 0 aromatic rings. The van der Waals surface area contributed by atoms with E-state index in [1.165, 1.54) is 51.4 Å². The third-order valence-electron chi connectivity index (χ3n) is 7.03. The number of aliphatic hydroxyl groups excluding tert-OH is 5.